The van der Waals surface area contributed by atoms with E-state index in [1.54, 1.807) is 19.1 Å². The van der Waals surface area contributed by atoms with Crippen LogP contribution < -0.4 is 16.0 Å². The van der Waals surface area contributed by atoms with Crippen LogP contribution in [0.25, 0.3) is 0 Å². The van der Waals surface area contributed by atoms with Crippen LogP contribution in [0.3, 0.4) is 0 Å². The zero-order valence-electron chi connectivity index (χ0n) is 29.8. The van der Waals surface area contributed by atoms with Crippen molar-refractivity contribution in [2.24, 2.45) is 5.92 Å². The van der Waals surface area contributed by atoms with Crippen LogP contribution >= 0.6 is 0 Å². The lowest BCUT2D eigenvalue weighted by Gasteiger charge is -2.47. The number of nitrogens with one attached hydrogen (secondary N) is 3. The van der Waals surface area contributed by atoms with E-state index in [9.17, 15) is 23.6 Å². The summed E-state index contributed by atoms with van der Waals surface area (Å²) in [6, 6.07) is 14.8. The van der Waals surface area contributed by atoms with E-state index >= 15 is 0 Å². The number of benzene rings is 2. The molecule has 51 heavy (non-hydrogen) atoms. The molecule has 2 aliphatic rings. The number of carbonyl (C=O) groups excluding carboxylic acids is 4. The Kier molecular flexibility index (Phi) is 15.5. The van der Waals surface area contributed by atoms with Crippen LogP contribution in [0.15, 0.2) is 54.6 Å². The molecule has 0 radical (unpaired) electrons. The number of halogens is 1. The molecule has 2 heterocycles. The maximum Gasteiger partial charge on any atom is 0.407 e. The average Bonchev–Trinajstić information content (AvgIpc) is 3.10. The molecule has 1 spiro atoms. The number of hydrogen-bond acceptors (Lipinski definition) is 9. The first kappa shape index (κ1) is 39.6. The van der Waals surface area contributed by atoms with Crippen molar-refractivity contribution in [3.63, 3.8) is 0 Å². The zero-order valence-corrected chi connectivity index (χ0v) is 29.8. The maximum absolute atomic E-state index is 13.3. The first-order chi connectivity index (χ1) is 24.5. The Morgan fingerprint density at radius 2 is 1.69 bits per heavy atom. The Morgan fingerprint density at radius 1 is 0.941 bits per heavy atom. The molecule has 4 unspecified atom stereocenters. The van der Waals surface area contributed by atoms with Gasteiger partial charge in [0.05, 0.1) is 18.8 Å². The van der Waals surface area contributed by atoms with Crippen molar-refractivity contribution in [2.75, 3.05) is 19.8 Å². The first-order valence-electron chi connectivity index (χ1n) is 18.0. The third-order valence-corrected chi connectivity index (χ3v) is 8.77. The van der Waals surface area contributed by atoms with E-state index in [0.717, 1.165) is 17.5 Å². The summed E-state index contributed by atoms with van der Waals surface area (Å²) in [5.41, 5.74) is 1.82. The largest absolute Gasteiger partial charge is 0.464 e. The van der Waals surface area contributed by atoms with E-state index in [1.165, 1.54) is 12.1 Å². The zero-order chi connectivity index (χ0) is 36.6. The van der Waals surface area contributed by atoms with Crippen molar-refractivity contribution >= 4 is 24.1 Å². The predicted molar refractivity (Wildman–Crippen MR) is 186 cm³/mol. The van der Waals surface area contributed by atoms with Gasteiger partial charge in [0, 0.05) is 38.8 Å². The highest BCUT2D eigenvalue weighted by molar-refractivity contribution is 5.84. The molecule has 13 heteroatoms. The van der Waals surface area contributed by atoms with Gasteiger partial charge in [-0.15, -0.1) is 0 Å². The molecule has 2 fully saturated rings. The summed E-state index contributed by atoms with van der Waals surface area (Å²) in [7, 11) is 0. The second-order valence-corrected chi connectivity index (χ2v) is 13.5. The Balaban J connectivity index is 1.35. The van der Waals surface area contributed by atoms with Gasteiger partial charge < -0.3 is 39.6 Å². The van der Waals surface area contributed by atoms with E-state index < -0.39 is 48.3 Å². The Hall–Kier alpha value is -4.23. The standard InChI is InChI=1S/C38H52FN3O9/c1-4-47-35(44)33(21-26(2)3)42-34(43)17-16-30-22-32(49-37(46)40-20-18-27-12-14-29(39)15-13-27)23-38(50-30)19-8-11-31(51-38)25-48-36(45)41-24-28-9-6-5-7-10-28/h5-7,9-10,12-15,26,30-33H,4,8,11,16-25H2,1-3H3,(H,40,46)(H,41,45)(H,42,43)/t30?,31?,32?,33-,38?/m0/s1. The molecule has 2 aliphatic heterocycles. The van der Waals surface area contributed by atoms with Crippen LogP contribution in [0, 0.1) is 11.7 Å². The second-order valence-electron chi connectivity index (χ2n) is 13.5. The van der Waals surface area contributed by atoms with E-state index in [0.29, 0.717) is 51.6 Å². The minimum atomic E-state index is -1.11. The van der Waals surface area contributed by atoms with Crippen molar-refractivity contribution in [1.82, 2.24) is 16.0 Å². The fourth-order valence-electron chi connectivity index (χ4n) is 6.39. The molecule has 0 aromatic heterocycles. The fraction of sp³-hybridized carbons (Fsp3) is 0.579. The lowest BCUT2D eigenvalue weighted by molar-refractivity contribution is -0.329. The highest BCUT2D eigenvalue weighted by atomic mass is 19.1. The number of hydrogen-bond donors (Lipinski definition) is 3. The Bertz CT molecular complexity index is 1410. The molecule has 0 aliphatic carbocycles. The highest BCUT2D eigenvalue weighted by Gasteiger charge is 2.47. The molecule has 2 aromatic rings. The molecular weight excluding hydrogens is 661 g/mol. The fourth-order valence-corrected chi connectivity index (χ4v) is 6.39. The molecule has 3 amide bonds. The van der Waals surface area contributed by atoms with Crippen LogP contribution in [-0.4, -0.2) is 74.0 Å². The summed E-state index contributed by atoms with van der Waals surface area (Å²) < 4.78 is 42.8. The number of esters is 1. The van der Waals surface area contributed by atoms with Crippen molar-refractivity contribution in [3.05, 3.63) is 71.5 Å². The van der Waals surface area contributed by atoms with Gasteiger partial charge in [0.15, 0.2) is 5.79 Å². The van der Waals surface area contributed by atoms with Crippen molar-refractivity contribution in [2.45, 2.75) is 115 Å². The van der Waals surface area contributed by atoms with Gasteiger partial charge >= 0.3 is 18.2 Å². The number of ether oxygens (including phenoxy) is 5. The summed E-state index contributed by atoms with van der Waals surface area (Å²) in [5, 5.41) is 8.32. The van der Waals surface area contributed by atoms with E-state index in [2.05, 4.69) is 16.0 Å². The minimum Gasteiger partial charge on any atom is -0.464 e. The van der Waals surface area contributed by atoms with E-state index in [-0.39, 0.29) is 43.7 Å². The van der Waals surface area contributed by atoms with Crippen LogP contribution in [0.2, 0.25) is 0 Å². The van der Waals surface area contributed by atoms with E-state index in [4.69, 9.17) is 23.7 Å². The first-order valence-corrected chi connectivity index (χ1v) is 18.0. The van der Waals surface area contributed by atoms with Crippen molar-refractivity contribution in [3.8, 4) is 0 Å². The highest BCUT2D eigenvalue weighted by Crippen LogP contribution is 2.41. The lowest BCUT2D eigenvalue weighted by atomic mass is 9.90. The summed E-state index contributed by atoms with van der Waals surface area (Å²) in [5.74, 6) is -2.06. The molecule has 0 bridgehead atoms. The monoisotopic (exact) mass is 713 g/mol. The van der Waals surface area contributed by atoms with Gasteiger partial charge in [0.2, 0.25) is 5.91 Å². The van der Waals surface area contributed by atoms with Gasteiger partial charge in [-0.2, -0.15) is 0 Å². The summed E-state index contributed by atoms with van der Waals surface area (Å²) in [4.78, 5) is 50.8. The predicted octanol–water partition coefficient (Wildman–Crippen LogP) is 5.71. The molecule has 5 atom stereocenters. The minimum absolute atomic E-state index is 0.0132. The van der Waals surface area contributed by atoms with Crippen LogP contribution in [0.4, 0.5) is 14.0 Å². The summed E-state index contributed by atoms with van der Waals surface area (Å²) in [6.45, 7) is 6.50. The molecule has 280 valence electrons. The van der Waals surface area contributed by atoms with Gasteiger partial charge in [-0.1, -0.05) is 56.3 Å². The SMILES string of the molecule is CCOC(=O)[C@H](CC(C)C)NC(=O)CCC1CC(OC(=O)NCCc2ccc(F)cc2)CC2(CCCC(COC(=O)NCc3ccccc3)O2)O1. The van der Waals surface area contributed by atoms with Gasteiger partial charge in [0.1, 0.15) is 24.6 Å². The quantitative estimate of drug-likeness (QED) is 0.147. The van der Waals surface area contributed by atoms with Crippen LogP contribution in [0.5, 0.6) is 0 Å². The third-order valence-electron chi connectivity index (χ3n) is 8.77. The molecule has 4 rings (SSSR count). The molecule has 2 saturated heterocycles. The molecule has 2 aromatic carbocycles. The maximum atomic E-state index is 13.3. The topological polar surface area (TPSA) is 151 Å². The van der Waals surface area contributed by atoms with Gasteiger partial charge in [-0.25, -0.2) is 18.8 Å². The smallest absolute Gasteiger partial charge is 0.407 e. The molecule has 3 N–H and O–H groups in total. The number of rotatable bonds is 16. The molecule has 12 nitrogen and oxygen atoms in total. The van der Waals surface area contributed by atoms with Crippen LogP contribution in [0.1, 0.15) is 83.3 Å². The molecular formula is C38H52FN3O9. The Labute approximate surface area is 299 Å². The number of carbonyl (C=O) groups is 4. The average molecular weight is 714 g/mol. The second kappa shape index (κ2) is 20.0. The van der Waals surface area contributed by atoms with Crippen molar-refractivity contribution in [1.29, 1.82) is 0 Å². The molecule has 0 saturated carbocycles. The lowest BCUT2D eigenvalue weighted by Crippen LogP contribution is -2.54. The van der Waals surface area contributed by atoms with Gasteiger partial charge in [0.25, 0.3) is 0 Å². The third kappa shape index (κ3) is 13.8. The van der Waals surface area contributed by atoms with Gasteiger partial charge in [-0.3, -0.25) is 4.79 Å². The Morgan fingerprint density at radius 3 is 2.41 bits per heavy atom. The normalized spacial score (nSPS) is 22.1. The van der Waals surface area contributed by atoms with E-state index in [1.807, 2.05) is 44.2 Å². The van der Waals surface area contributed by atoms with Crippen molar-refractivity contribution < 1.29 is 47.3 Å². The number of amides is 3. The summed E-state index contributed by atoms with van der Waals surface area (Å²) in [6.07, 6.45) is 1.10. The van der Waals surface area contributed by atoms with Gasteiger partial charge in [-0.05, 0) is 68.2 Å². The van der Waals surface area contributed by atoms with Crippen LogP contribution in [-0.2, 0) is 46.2 Å². The summed E-state index contributed by atoms with van der Waals surface area (Å²) >= 11 is 0. The number of alkyl carbamates (subject to hydrolysis) is 2.